The summed E-state index contributed by atoms with van der Waals surface area (Å²) < 4.78 is 12.5. The molecule has 0 heterocycles. The molecule has 0 spiro atoms. The Hall–Kier alpha value is -1.38. The third-order valence-corrected chi connectivity index (χ3v) is 1.70. The molecule has 0 aliphatic heterocycles. The number of hydrogen-bond donors (Lipinski definition) is 1. The molecule has 1 aromatic carbocycles. The van der Waals surface area contributed by atoms with Crippen LogP contribution in [0.15, 0.2) is 24.3 Å². The first-order valence-corrected chi connectivity index (χ1v) is 4.17. The summed E-state index contributed by atoms with van der Waals surface area (Å²) in [7, 11) is 0. The van der Waals surface area contributed by atoms with Gasteiger partial charge in [0.15, 0.2) is 0 Å². The standard InChI is InChI=1S/C10H12FNO/c1-8(13)12-7-6-9-2-4-10(11)5-3-9/h2-5H,6-7H2,1H3,(H,12,13). The lowest BCUT2D eigenvalue weighted by Crippen LogP contribution is -2.22. The molecule has 0 aromatic heterocycles. The van der Waals surface area contributed by atoms with Crippen LogP contribution >= 0.6 is 0 Å². The number of hydrogen-bond acceptors (Lipinski definition) is 1. The topological polar surface area (TPSA) is 29.1 Å². The average Bonchev–Trinajstić information content (AvgIpc) is 2.08. The second-order valence-corrected chi connectivity index (χ2v) is 2.86. The van der Waals surface area contributed by atoms with Crippen molar-refractivity contribution in [1.29, 1.82) is 0 Å². The highest BCUT2D eigenvalue weighted by Crippen LogP contribution is 2.02. The number of nitrogens with one attached hydrogen (secondary N) is 1. The Morgan fingerprint density at radius 2 is 2.00 bits per heavy atom. The number of carbonyl (C=O) groups is 1. The van der Waals surface area contributed by atoms with E-state index in [2.05, 4.69) is 5.32 Å². The number of amides is 1. The molecular formula is C10H12FNO. The maximum Gasteiger partial charge on any atom is 0.216 e. The van der Waals surface area contributed by atoms with Crippen LogP contribution in [0.4, 0.5) is 4.39 Å². The van der Waals surface area contributed by atoms with E-state index in [-0.39, 0.29) is 11.7 Å². The van der Waals surface area contributed by atoms with E-state index < -0.39 is 0 Å². The van der Waals surface area contributed by atoms with Crippen LogP contribution in [0.5, 0.6) is 0 Å². The van der Waals surface area contributed by atoms with Crippen molar-refractivity contribution in [2.75, 3.05) is 6.54 Å². The van der Waals surface area contributed by atoms with E-state index in [1.807, 2.05) is 0 Å². The first-order valence-electron chi connectivity index (χ1n) is 4.17. The highest BCUT2D eigenvalue weighted by atomic mass is 19.1. The summed E-state index contributed by atoms with van der Waals surface area (Å²) in [6, 6.07) is 6.28. The summed E-state index contributed by atoms with van der Waals surface area (Å²) in [5.41, 5.74) is 1.02. The van der Waals surface area contributed by atoms with Gasteiger partial charge in [-0.25, -0.2) is 4.39 Å². The number of carbonyl (C=O) groups excluding carboxylic acids is 1. The van der Waals surface area contributed by atoms with Gasteiger partial charge in [0.05, 0.1) is 0 Å². The minimum atomic E-state index is -0.233. The number of rotatable bonds is 3. The van der Waals surface area contributed by atoms with Crippen LogP contribution in [-0.4, -0.2) is 12.5 Å². The fourth-order valence-corrected chi connectivity index (χ4v) is 1.03. The molecule has 1 amide bonds. The fourth-order valence-electron chi connectivity index (χ4n) is 1.03. The van der Waals surface area contributed by atoms with E-state index in [0.717, 1.165) is 12.0 Å². The van der Waals surface area contributed by atoms with Gasteiger partial charge in [0, 0.05) is 13.5 Å². The average molecular weight is 181 g/mol. The molecule has 1 N–H and O–H groups in total. The molecule has 0 saturated carbocycles. The Morgan fingerprint density at radius 3 is 2.54 bits per heavy atom. The van der Waals surface area contributed by atoms with Crippen molar-refractivity contribution in [3.63, 3.8) is 0 Å². The van der Waals surface area contributed by atoms with E-state index in [4.69, 9.17) is 0 Å². The molecular weight excluding hydrogens is 169 g/mol. The zero-order valence-corrected chi connectivity index (χ0v) is 7.51. The van der Waals surface area contributed by atoms with Crippen molar-refractivity contribution in [2.24, 2.45) is 0 Å². The van der Waals surface area contributed by atoms with Crippen molar-refractivity contribution >= 4 is 5.91 Å². The second-order valence-electron chi connectivity index (χ2n) is 2.86. The maximum atomic E-state index is 12.5. The van der Waals surface area contributed by atoms with E-state index >= 15 is 0 Å². The molecule has 0 aliphatic carbocycles. The van der Waals surface area contributed by atoms with Gasteiger partial charge >= 0.3 is 0 Å². The number of halogens is 1. The molecule has 2 nitrogen and oxygen atoms in total. The molecule has 0 atom stereocenters. The molecule has 0 unspecified atom stereocenters. The zero-order chi connectivity index (χ0) is 9.68. The van der Waals surface area contributed by atoms with Crippen LogP contribution < -0.4 is 5.32 Å². The molecule has 70 valence electrons. The van der Waals surface area contributed by atoms with Gasteiger partial charge in [0.1, 0.15) is 5.82 Å². The molecule has 1 rings (SSSR count). The first-order chi connectivity index (χ1) is 6.18. The van der Waals surface area contributed by atoms with Crippen molar-refractivity contribution in [3.05, 3.63) is 35.6 Å². The minimum Gasteiger partial charge on any atom is -0.356 e. The van der Waals surface area contributed by atoms with Crippen LogP contribution in [0.2, 0.25) is 0 Å². The molecule has 3 heteroatoms. The van der Waals surface area contributed by atoms with Crippen LogP contribution in [-0.2, 0) is 11.2 Å². The monoisotopic (exact) mass is 181 g/mol. The quantitative estimate of drug-likeness (QED) is 0.752. The van der Waals surface area contributed by atoms with E-state index in [1.165, 1.54) is 19.1 Å². The Labute approximate surface area is 76.8 Å². The summed E-state index contributed by atoms with van der Waals surface area (Å²) in [6.45, 7) is 2.08. The molecule has 0 saturated heterocycles. The van der Waals surface area contributed by atoms with Gasteiger partial charge in [-0.1, -0.05) is 12.1 Å². The molecule has 0 fully saturated rings. The van der Waals surface area contributed by atoms with Crippen LogP contribution in [0, 0.1) is 5.82 Å². The summed E-state index contributed by atoms with van der Waals surface area (Å²) in [4.78, 5) is 10.5. The lowest BCUT2D eigenvalue weighted by Gasteiger charge is -2.01. The van der Waals surface area contributed by atoms with E-state index in [9.17, 15) is 9.18 Å². The maximum absolute atomic E-state index is 12.5. The summed E-state index contributed by atoms with van der Waals surface area (Å²) in [6.07, 6.45) is 0.736. The lowest BCUT2D eigenvalue weighted by molar-refractivity contribution is -0.118. The minimum absolute atomic E-state index is 0.0397. The Kier molecular flexibility index (Phi) is 3.43. The van der Waals surface area contributed by atoms with Gasteiger partial charge in [-0.05, 0) is 24.1 Å². The highest BCUT2D eigenvalue weighted by Gasteiger charge is 1.94. The molecule has 13 heavy (non-hydrogen) atoms. The van der Waals surface area contributed by atoms with E-state index in [0.29, 0.717) is 6.54 Å². The smallest absolute Gasteiger partial charge is 0.216 e. The summed E-state index contributed by atoms with van der Waals surface area (Å²) >= 11 is 0. The van der Waals surface area contributed by atoms with Gasteiger partial charge in [0.25, 0.3) is 0 Å². The fraction of sp³-hybridized carbons (Fsp3) is 0.300. The van der Waals surface area contributed by atoms with Gasteiger partial charge in [-0.15, -0.1) is 0 Å². The second kappa shape index (κ2) is 4.60. The molecule has 0 aliphatic rings. The Bertz CT molecular complexity index is 281. The van der Waals surface area contributed by atoms with Crippen molar-refractivity contribution in [1.82, 2.24) is 5.32 Å². The van der Waals surface area contributed by atoms with Gasteiger partial charge in [-0.2, -0.15) is 0 Å². The highest BCUT2D eigenvalue weighted by molar-refractivity contribution is 5.72. The third kappa shape index (κ3) is 3.69. The third-order valence-electron chi connectivity index (χ3n) is 1.70. The SMILES string of the molecule is CC(=O)NCCc1ccc(F)cc1. The largest absolute Gasteiger partial charge is 0.356 e. The van der Waals surface area contributed by atoms with E-state index in [1.54, 1.807) is 12.1 Å². The zero-order valence-electron chi connectivity index (χ0n) is 7.51. The first kappa shape index (κ1) is 9.71. The van der Waals surface area contributed by atoms with Crippen LogP contribution in [0.3, 0.4) is 0 Å². The van der Waals surface area contributed by atoms with Crippen molar-refractivity contribution in [3.8, 4) is 0 Å². The predicted molar refractivity (Wildman–Crippen MR) is 48.8 cm³/mol. The summed E-state index contributed by atoms with van der Waals surface area (Å²) in [5.74, 6) is -0.273. The Morgan fingerprint density at radius 1 is 1.38 bits per heavy atom. The number of benzene rings is 1. The normalized spacial score (nSPS) is 9.69. The Balaban J connectivity index is 2.37. The molecule has 0 bridgehead atoms. The molecule has 0 radical (unpaired) electrons. The van der Waals surface area contributed by atoms with Crippen molar-refractivity contribution in [2.45, 2.75) is 13.3 Å². The predicted octanol–water partition coefficient (Wildman–Crippen LogP) is 1.50. The van der Waals surface area contributed by atoms with Crippen molar-refractivity contribution < 1.29 is 9.18 Å². The van der Waals surface area contributed by atoms with Crippen LogP contribution in [0.25, 0.3) is 0 Å². The van der Waals surface area contributed by atoms with Gasteiger partial charge in [0.2, 0.25) is 5.91 Å². The van der Waals surface area contributed by atoms with Crippen LogP contribution in [0.1, 0.15) is 12.5 Å². The van der Waals surface area contributed by atoms with Gasteiger partial charge < -0.3 is 5.32 Å². The van der Waals surface area contributed by atoms with Gasteiger partial charge in [-0.3, -0.25) is 4.79 Å². The lowest BCUT2D eigenvalue weighted by atomic mass is 10.1. The summed E-state index contributed by atoms with van der Waals surface area (Å²) in [5, 5.41) is 2.68. The molecule has 1 aromatic rings.